The highest BCUT2D eigenvalue weighted by Gasteiger charge is 2.30. The molecule has 0 saturated carbocycles. The molecule has 1 amide bonds. The van der Waals surface area contributed by atoms with E-state index in [-0.39, 0.29) is 12.8 Å². The molecule has 1 aliphatic rings. The van der Waals surface area contributed by atoms with Gasteiger partial charge < -0.3 is 15.4 Å². The van der Waals surface area contributed by atoms with Gasteiger partial charge >= 0.3 is 17.1 Å². The summed E-state index contributed by atoms with van der Waals surface area (Å²) in [5.74, 6) is -1.57. The topological polar surface area (TPSA) is 121 Å². The average molecular weight is 289 g/mol. The minimum atomic E-state index is -1.07. The maximum absolute atomic E-state index is 12.1. The van der Waals surface area contributed by atoms with Crippen LogP contribution in [0.1, 0.15) is 18.9 Å². The van der Waals surface area contributed by atoms with Crippen LogP contribution in [0.15, 0.2) is 27.8 Å². The molecule has 1 aromatic heterocycles. The van der Waals surface area contributed by atoms with Crippen molar-refractivity contribution in [2.45, 2.75) is 18.9 Å². The number of H-pyrrole nitrogens is 1. The fraction of sp³-hybridized carbons (Fsp3) is 0.231. The number of carboxylic acids is 1. The lowest BCUT2D eigenvalue weighted by Crippen LogP contribution is -2.44. The summed E-state index contributed by atoms with van der Waals surface area (Å²) in [4.78, 5) is 49.0. The largest absolute Gasteiger partial charge is 0.481 e. The van der Waals surface area contributed by atoms with Crippen molar-refractivity contribution in [1.29, 1.82) is 0 Å². The van der Waals surface area contributed by atoms with E-state index in [2.05, 4.69) is 10.3 Å². The highest BCUT2D eigenvalue weighted by atomic mass is 16.4. The van der Waals surface area contributed by atoms with E-state index in [0.29, 0.717) is 16.7 Å². The highest BCUT2D eigenvalue weighted by molar-refractivity contribution is 6.04. The van der Waals surface area contributed by atoms with Crippen LogP contribution in [0.2, 0.25) is 0 Å². The SMILES string of the molecule is O=C(O)CC[C@@H]1C(=O)Nc2cccc3[nH]c(=O)c(=O)n1c23. The molecule has 0 fully saturated rings. The Labute approximate surface area is 117 Å². The number of amides is 1. The van der Waals surface area contributed by atoms with Gasteiger partial charge in [0, 0.05) is 6.42 Å². The zero-order valence-corrected chi connectivity index (χ0v) is 10.8. The van der Waals surface area contributed by atoms with Crippen molar-refractivity contribution in [2.75, 3.05) is 5.32 Å². The summed E-state index contributed by atoms with van der Waals surface area (Å²) in [6.07, 6.45) is -0.338. The first-order valence-electron chi connectivity index (χ1n) is 6.29. The molecule has 0 unspecified atom stereocenters. The van der Waals surface area contributed by atoms with Crippen LogP contribution in [0.5, 0.6) is 0 Å². The number of benzene rings is 1. The van der Waals surface area contributed by atoms with E-state index in [1.807, 2.05) is 0 Å². The lowest BCUT2D eigenvalue weighted by Gasteiger charge is -2.26. The van der Waals surface area contributed by atoms with Gasteiger partial charge in [-0.25, -0.2) is 0 Å². The quantitative estimate of drug-likeness (QED) is 0.689. The van der Waals surface area contributed by atoms with Gasteiger partial charge in [0.15, 0.2) is 0 Å². The number of hydrogen-bond donors (Lipinski definition) is 3. The predicted octanol–water partition coefficient (Wildman–Crippen LogP) is 0.0478. The second-order valence-corrected chi connectivity index (χ2v) is 4.77. The molecular weight excluding hydrogens is 278 g/mol. The lowest BCUT2D eigenvalue weighted by atomic mass is 10.1. The van der Waals surface area contributed by atoms with Gasteiger partial charge in [-0.05, 0) is 18.6 Å². The van der Waals surface area contributed by atoms with Crippen molar-refractivity contribution in [3.05, 3.63) is 38.9 Å². The summed E-state index contributed by atoms with van der Waals surface area (Å²) in [6.45, 7) is 0. The predicted molar refractivity (Wildman–Crippen MR) is 73.4 cm³/mol. The molecule has 0 bridgehead atoms. The molecule has 2 aromatic rings. The van der Waals surface area contributed by atoms with Crippen LogP contribution < -0.4 is 16.4 Å². The Hall–Kier alpha value is -2.90. The summed E-state index contributed by atoms with van der Waals surface area (Å²) >= 11 is 0. The number of carboxylic acid groups (broad SMARTS) is 1. The Balaban J connectivity index is 2.29. The number of aromatic amines is 1. The molecule has 0 saturated heterocycles. The smallest absolute Gasteiger partial charge is 0.317 e. The number of nitrogens with one attached hydrogen (secondary N) is 2. The number of carbonyl (C=O) groups is 2. The van der Waals surface area contributed by atoms with Crippen LogP contribution >= 0.6 is 0 Å². The zero-order valence-electron chi connectivity index (χ0n) is 10.8. The molecule has 8 nitrogen and oxygen atoms in total. The van der Waals surface area contributed by atoms with Crippen LogP contribution in [0.4, 0.5) is 5.69 Å². The Morgan fingerprint density at radius 2 is 2.05 bits per heavy atom. The number of para-hydroxylation sites is 1. The molecule has 108 valence electrons. The van der Waals surface area contributed by atoms with Crippen molar-refractivity contribution >= 4 is 28.6 Å². The maximum Gasteiger partial charge on any atom is 0.317 e. The molecule has 3 N–H and O–H groups in total. The van der Waals surface area contributed by atoms with E-state index in [1.54, 1.807) is 18.2 Å². The van der Waals surface area contributed by atoms with Crippen LogP contribution in [-0.2, 0) is 9.59 Å². The normalized spacial score (nSPS) is 16.8. The molecule has 2 heterocycles. The fourth-order valence-electron chi connectivity index (χ4n) is 2.54. The molecule has 0 radical (unpaired) electrons. The van der Waals surface area contributed by atoms with E-state index < -0.39 is 29.0 Å². The van der Waals surface area contributed by atoms with E-state index in [4.69, 9.17) is 5.11 Å². The average Bonchev–Trinajstić information content (AvgIpc) is 2.42. The van der Waals surface area contributed by atoms with Crippen molar-refractivity contribution in [1.82, 2.24) is 9.55 Å². The number of anilines is 1. The zero-order chi connectivity index (χ0) is 15.1. The van der Waals surface area contributed by atoms with Crippen molar-refractivity contribution in [2.24, 2.45) is 0 Å². The number of rotatable bonds is 3. The third-order valence-corrected chi connectivity index (χ3v) is 3.44. The first-order valence-corrected chi connectivity index (χ1v) is 6.29. The molecule has 8 heteroatoms. The van der Waals surface area contributed by atoms with Gasteiger partial charge in [-0.15, -0.1) is 0 Å². The van der Waals surface area contributed by atoms with Crippen molar-refractivity contribution in [3.8, 4) is 0 Å². The van der Waals surface area contributed by atoms with Crippen LogP contribution in [0.25, 0.3) is 11.0 Å². The molecule has 3 rings (SSSR count). The third-order valence-electron chi connectivity index (χ3n) is 3.44. The van der Waals surface area contributed by atoms with Gasteiger partial charge in [0.2, 0.25) is 5.91 Å². The van der Waals surface area contributed by atoms with Crippen molar-refractivity contribution in [3.63, 3.8) is 0 Å². The van der Waals surface area contributed by atoms with Gasteiger partial charge in [-0.1, -0.05) is 6.07 Å². The number of nitrogens with zero attached hydrogens (tertiary/aromatic N) is 1. The lowest BCUT2D eigenvalue weighted by molar-refractivity contribution is -0.137. The second kappa shape index (κ2) is 4.58. The summed E-state index contributed by atoms with van der Waals surface area (Å²) in [6, 6.07) is 3.86. The van der Waals surface area contributed by atoms with Gasteiger partial charge in [-0.2, -0.15) is 0 Å². The molecular formula is C13H11N3O5. The summed E-state index contributed by atoms with van der Waals surface area (Å²) in [5, 5.41) is 11.4. The minimum Gasteiger partial charge on any atom is -0.481 e. The molecule has 1 atom stereocenters. The number of carbonyl (C=O) groups excluding carboxylic acids is 1. The Kier molecular flexibility index (Phi) is 2.86. The van der Waals surface area contributed by atoms with E-state index >= 15 is 0 Å². The van der Waals surface area contributed by atoms with E-state index in [9.17, 15) is 19.2 Å². The Bertz CT molecular complexity index is 879. The number of hydrogen-bond acceptors (Lipinski definition) is 4. The maximum atomic E-state index is 12.1. The second-order valence-electron chi connectivity index (χ2n) is 4.77. The fourth-order valence-corrected chi connectivity index (χ4v) is 2.54. The number of aliphatic carboxylic acids is 1. The minimum absolute atomic E-state index is 0.0615. The molecule has 1 aromatic carbocycles. The first kappa shape index (κ1) is 13.1. The van der Waals surface area contributed by atoms with Gasteiger partial charge in [0.05, 0.1) is 16.7 Å². The molecule has 1 aliphatic heterocycles. The van der Waals surface area contributed by atoms with Gasteiger partial charge in [-0.3, -0.25) is 23.7 Å². The monoisotopic (exact) mass is 289 g/mol. The first-order chi connectivity index (χ1) is 9.99. The van der Waals surface area contributed by atoms with Crippen LogP contribution in [0, 0.1) is 0 Å². The Morgan fingerprint density at radius 3 is 2.76 bits per heavy atom. The third kappa shape index (κ3) is 2.00. The molecule has 0 aliphatic carbocycles. The van der Waals surface area contributed by atoms with E-state index in [1.165, 1.54) is 0 Å². The van der Waals surface area contributed by atoms with E-state index in [0.717, 1.165) is 4.57 Å². The summed E-state index contributed by atoms with van der Waals surface area (Å²) in [7, 11) is 0. The molecule has 0 spiro atoms. The summed E-state index contributed by atoms with van der Waals surface area (Å²) < 4.78 is 1.09. The van der Waals surface area contributed by atoms with Gasteiger partial charge in [0.25, 0.3) is 0 Å². The Morgan fingerprint density at radius 1 is 1.29 bits per heavy atom. The summed E-state index contributed by atoms with van der Waals surface area (Å²) in [5.41, 5.74) is -0.471. The highest BCUT2D eigenvalue weighted by Crippen LogP contribution is 2.29. The van der Waals surface area contributed by atoms with Gasteiger partial charge in [0.1, 0.15) is 6.04 Å². The van der Waals surface area contributed by atoms with Crippen LogP contribution in [-0.4, -0.2) is 26.5 Å². The standard InChI is InChI=1S/C13H11N3O5/c17-9(18)5-4-8-11(19)14-6-2-1-3-7-10(6)16(8)13(21)12(20)15-7/h1-3,8H,4-5H2,(H,14,19)(H,15,20)(H,17,18)/t8-/m1/s1. The number of aromatic nitrogens is 2. The molecule has 21 heavy (non-hydrogen) atoms. The van der Waals surface area contributed by atoms with Crippen LogP contribution in [0.3, 0.4) is 0 Å². The van der Waals surface area contributed by atoms with Crippen molar-refractivity contribution < 1.29 is 14.7 Å².